The predicted octanol–water partition coefficient (Wildman–Crippen LogP) is 1.87. The summed E-state index contributed by atoms with van der Waals surface area (Å²) in [6.45, 7) is 0. The fraction of sp³-hybridized carbons (Fsp3) is 0.467. The Labute approximate surface area is 142 Å². The number of amides is 1. The number of aromatic nitrogens is 4. The van der Waals surface area contributed by atoms with Gasteiger partial charge in [0.15, 0.2) is 0 Å². The lowest BCUT2D eigenvalue weighted by atomic mass is 10.0. The summed E-state index contributed by atoms with van der Waals surface area (Å²) in [5.41, 5.74) is 0.638. The van der Waals surface area contributed by atoms with E-state index in [1.165, 1.54) is 17.7 Å². The fourth-order valence-electron chi connectivity index (χ4n) is 2.93. The number of rotatable bonds is 6. The first-order valence-corrected chi connectivity index (χ1v) is 8.51. The lowest BCUT2D eigenvalue weighted by molar-refractivity contribution is -0.138. The molecule has 2 unspecified atom stereocenters. The summed E-state index contributed by atoms with van der Waals surface area (Å²) in [5, 5.41) is 21.1. The average Bonchev–Trinajstić information content (AvgIpc) is 3.17. The van der Waals surface area contributed by atoms with Crippen LogP contribution in [0.2, 0.25) is 0 Å². The van der Waals surface area contributed by atoms with Crippen LogP contribution in [0, 0.1) is 5.92 Å². The zero-order valence-corrected chi connectivity index (χ0v) is 13.7. The van der Waals surface area contributed by atoms with Gasteiger partial charge < -0.3 is 10.4 Å². The molecule has 1 amide bonds. The number of aliphatic carboxylic acids is 1. The van der Waals surface area contributed by atoms with Gasteiger partial charge in [-0.25, -0.2) is 9.97 Å². The van der Waals surface area contributed by atoms with Crippen molar-refractivity contribution in [3.63, 3.8) is 0 Å². The first-order chi connectivity index (χ1) is 11.6. The standard InChI is InChI=1S/C15H17N5O3S/c21-12(7-11-3-4-16-8-17-11)18-15-20-19-14(24-15)10-2-1-9(5-10)6-13(22)23/h3-4,8-10H,1-2,5-7H2,(H,22,23)(H,18,20,21). The zero-order valence-electron chi connectivity index (χ0n) is 12.9. The molecule has 0 aliphatic heterocycles. The van der Waals surface area contributed by atoms with Crippen molar-refractivity contribution in [1.82, 2.24) is 20.2 Å². The first-order valence-electron chi connectivity index (χ1n) is 7.70. The largest absolute Gasteiger partial charge is 0.481 e. The normalized spacial score (nSPS) is 20.0. The van der Waals surface area contributed by atoms with Crippen molar-refractivity contribution in [2.75, 3.05) is 5.32 Å². The van der Waals surface area contributed by atoms with Gasteiger partial charge >= 0.3 is 5.97 Å². The minimum atomic E-state index is -0.754. The summed E-state index contributed by atoms with van der Waals surface area (Å²) < 4.78 is 0. The Bertz CT molecular complexity index is 721. The Morgan fingerprint density at radius 1 is 1.33 bits per heavy atom. The molecule has 0 saturated heterocycles. The SMILES string of the molecule is O=C(O)CC1CCC(c2nnc(NC(=O)Cc3ccncn3)s2)C1. The molecule has 1 fully saturated rings. The summed E-state index contributed by atoms with van der Waals surface area (Å²) >= 11 is 1.36. The van der Waals surface area contributed by atoms with Gasteiger partial charge in [-0.2, -0.15) is 0 Å². The fourth-order valence-corrected chi connectivity index (χ4v) is 3.84. The van der Waals surface area contributed by atoms with E-state index in [0.717, 1.165) is 24.3 Å². The van der Waals surface area contributed by atoms with Crippen LogP contribution in [0.25, 0.3) is 0 Å². The Kier molecular flexibility index (Phi) is 5.09. The van der Waals surface area contributed by atoms with Crippen molar-refractivity contribution in [3.05, 3.63) is 29.3 Å². The van der Waals surface area contributed by atoms with Gasteiger partial charge in [-0.05, 0) is 31.2 Å². The van der Waals surface area contributed by atoms with Gasteiger partial charge in [-0.3, -0.25) is 9.59 Å². The van der Waals surface area contributed by atoms with Gasteiger partial charge in [0.25, 0.3) is 0 Å². The van der Waals surface area contributed by atoms with Crippen LogP contribution >= 0.6 is 11.3 Å². The van der Waals surface area contributed by atoms with Crippen molar-refractivity contribution in [2.45, 2.75) is 38.0 Å². The van der Waals surface area contributed by atoms with Gasteiger partial charge in [0, 0.05) is 18.5 Å². The van der Waals surface area contributed by atoms with Crippen LogP contribution in [0.15, 0.2) is 18.6 Å². The van der Waals surface area contributed by atoms with E-state index < -0.39 is 5.97 Å². The molecular formula is C15H17N5O3S. The molecule has 1 aliphatic rings. The molecule has 2 N–H and O–H groups in total. The summed E-state index contributed by atoms with van der Waals surface area (Å²) in [4.78, 5) is 30.6. The number of hydrogen-bond acceptors (Lipinski definition) is 7. The van der Waals surface area contributed by atoms with E-state index >= 15 is 0 Å². The van der Waals surface area contributed by atoms with Gasteiger partial charge in [-0.15, -0.1) is 10.2 Å². The number of carbonyl (C=O) groups is 2. The third-order valence-electron chi connectivity index (χ3n) is 4.03. The Morgan fingerprint density at radius 3 is 2.96 bits per heavy atom. The van der Waals surface area contributed by atoms with E-state index in [0.29, 0.717) is 10.8 Å². The van der Waals surface area contributed by atoms with Crippen molar-refractivity contribution in [3.8, 4) is 0 Å². The molecule has 2 aromatic rings. The molecular weight excluding hydrogens is 330 g/mol. The zero-order chi connectivity index (χ0) is 16.9. The highest BCUT2D eigenvalue weighted by Crippen LogP contribution is 2.41. The van der Waals surface area contributed by atoms with Crippen LogP contribution < -0.4 is 5.32 Å². The number of nitrogens with zero attached hydrogens (tertiary/aromatic N) is 4. The van der Waals surface area contributed by atoms with E-state index in [9.17, 15) is 9.59 Å². The first kappa shape index (κ1) is 16.4. The van der Waals surface area contributed by atoms with Crippen molar-refractivity contribution in [1.29, 1.82) is 0 Å². The number of hydrogen-bond donors (Lipinski definition) is 2. The highest BCUT2D eigenvalue weighted by Gasteiger charge is 2.29. The molecule has 0 bridgehead atoms. The number of carboxylic acids is 1. The average molecular weight is 347 g/mol. The lowest BCUT2D eigenvalue weighted by Crippen LogP contribution is -2.15. The van der Waals surface area contributed by atoms with E-state index in [-0.39, 0.29) is 30.6 Å². The molecule has 0 spiro atoms. The molecule has 0 radical (unpaired) electrons. The minimum Gasteiger partial charge on any atom is -0.481 e. The van der Waals surface area contributed by atoms with Crippen LogP contribution in [0.5, 0.6) is 0 Å². The second-order valence-electron chi connectivity index (χ2n) is 5.84. The molecule has 2 aromatic heterocycles. The summed E-state index contributed by atoms with van der Waals surface area (Å²) in [6, 6.07) is 1.69. The molecule has 0 aromatic carbocycles. The molecule has 2 atom stereocenters. The molecule has 8 nitrogen and oxygen atoms in total. The van der Waals surface area contributed by atoms with Crippen LogP contribution in [0.1, 0.15) is 42.3 Å². The number of nitrogens with one attached hydrogen (secondary N) is 1. The van der Waals surface area contributed by atoms with Crippen LogP contribution in [0.3, 0.4) is 0 Å². The molecule has 126 valence electrons. The summed E-state index contributed by atoms with van der Waals surface area (Å²) in [5.74, 6) is -0.520. The maximum absolute atomic E-state index is 12.0. The van der Waals surface area contributed by atoms with Gasteiger partial charge in [0.1, 0.15) is 11.3 Å². The molecule has 1 aliphatic carbocycles. The maximum Gasteiger partial charge on any atom is 0.303 e. The van der Waals surface area contributed by atoms with Crippen molar-refractivity contribution < 1.29 is 14.7 Å². The lowest BCUT2D eigenvalue weighted by Gasteiger charge is -2.05. The second-order valence-corrected chi connectivity index (χ2v) is 6.85. The van der Waals surface area contributed by atoms with Gasteiger partial charge in [0.2, 0.25) is 11.0 Å². The van der Waals surface area contributed by atoms with Gasteiger partial charge in [-0.1, -0.05) is 11.3 Å². The highest BCUT2D eigenvalue weighted by atomic mass is 32.1. The molecule has 3 rings (SSSR count). The number of anilines is 1. The molecule has 1 saturated carbocycles. The van der Waals surface area contributed by atoms with E-state index in [4.69, 9.17) is 5.11 Å². The third-order valence-corrected chi connectivity index (χ3v) is 5.03. The molecule has 9 heteroatoms. The van der Waals surface area contributed by atoms with E-state index in [1.807, 2.05) is 0 Å². The maximum atomic E-state index is 12.0. The smallest absolute Gasteiger partial charge is 0.303 e. The summed E-state index contributed by atoms with van der Waals surface area (Å²) in [6.07, 6.45) is 5.98. The Morgan fingerprint density at radius 2 is 2.21 bits per heavy atom. The van der Waals surface area contributed by atoms with E-state index in [1.54, 1.807) is 12.3 Å². The number of carbonyl (C=O) groups excluding carboxylic acids is 1. The third kappa shape index (κ3) is 4.31. The summed E-state index contributed by atoms with van der Waals surface area (Å²) in [7, 11) is 0. The van der Waals surface area contributed by atoms with Gasteiger partial charge in [0.05, 0.1) is 12.1 Å². The van der Waals surface area contributed by atoms with Crippen LogP contribution in [0.4, 0.5) is 5.13 Å². The van der Waals surface area contributed by atoms with Crippen molar-refractivity contribution in [2.24, 2.45) is 5.92 Å². The molecule has 24 heavy (non-hydrogen) atoms. The van der Waals surface area contributed by atoms with E-state index in [2.05, 4.69) is 25.5 Å². The topological polar surface area (TPSA) is 118 Å². The quantitative estimate of drug-likeness (QED) is 0.819. The molecule has 2 heterocycles. The Hall–Kier alpha value is -2.42. The van der Waals surface area contributed by atoms with Crippen LogP contribution in [-0.4, -0.2) is 37.1 Å². The predicted molar refractivity (Wildman–Crippen MR) is 86.6 cm³/mol. The van der Waals surface area contributed by atoms with Crippen LogP contribution in [-0.2, 0) is 16.0 Å². The monoisotopic (exact) mass is 347 g/mol. The Balaban J connectivity index is 1.54. The minimum absolute atomic E-state index is 0.154. The highest BCUT2D eigenvalue weighted by molar-refractivity contribution is 7.15. The number of carboxylic acid groups (broad SMARTS) is 1. The van der Waals surface area contributed by atoms with Crippen molar-refractivity contribution >= 4 is 28.3 Å². The second kappa shape index (κ2) is 7.43.